The molecule has 0 radical (unpaired) electrons. The molecule has 14 heavy (non-hydrogen) atoms. The van der Waals surface area contributed by atoms with Crippen molar-refractivity contribution >= 4 is 17.8 Å². The van der Waals surface area contributed by atoms with Crippen LogP contribution in [0.25, 0.3) is 0 Å². The Bertz CT molecular complexity index is 251. The lowest BCUT2D eigenvalue weighted by Gasteiger charge is -1.77. The Morgan fingerprint density at radius 1 is 1.07 bits per heavy atom. The number of carbonyl (C=O) groups excluding carboxylic acids is 1. The number of carboxylic acid groups (broad SMARTS) is 2. The first-order valence-electron chi connectivity index (χ1n) is 3.86. The number of carboxylic acids is 2. The Morgan fingerprint density at radius 3 is 1.50 bits per heavy atom. The molecule has 0 heterocycles. The fourth-order valence-corrected chi connectivity index (χ4v) is 0.510. The molecule has 0 unspecified atom stereocenters. The first kappa shape index (κ1) is 12.2. The van der Waals surface area contributed by atoms with Crippen molar-refractivity contribution in [2.45, 2.75) is 12.8 Å². The van der Waals surface area contributed by atoms with Crippen molar-refractivity contribution in [3.63, 3.8) is 0 Å². The quantitative estimate of drug-likeness (QED) is 0.536. The third-order valence-electron chi connectivity index (χ3n) is 1.35. The van der Waals surface area contributed by atoms with E-state index in [0.29, 0.717) is 12.2 Å². The summed E-state index contributed by atoms with van der Waals surface area (Å²) >= 11 is 0. The second-order valence-electron chi connectivity index (χ2n) is 2.69. The molecule has 1 saturated carbocycles. The predicted octanol–water partition coefficient (Wildman–Crippen LogP) is -0.407. The standard InChI is InChI=1S/C4H7NO.C4H4O4/c5-4(6)3-1-2-3;5-3(6)1-2-4(7)8/h3H,1-2H2,(H2,5,6);1-2H,(H,5,6)(H,7,8)/b;2-1-. The molecule has 1 aliphatic rings. The molecule has 6 nitrogen and oxygen atoms in total. The second-order valence-corrected chi connectivity index (χ2v) is 2.69. The molecule has 1 fully saturated rings. The maximum atomic E-state index is 9.98. The topological polar surface area (TPSA) is 118 Å². The third kappa shape index (κ3) is 8.25. The van der Waals surface area contributed by atoms with Crippen LogP contribution < -0.4 is 5.73 Å². The predicted molar refractivity (Wildman–Crippen MR) is 46.3 cm³/mol. The van der Waals surface area contributed by atoms with Crippen molar-refractivity contribution in [3.05, 3.63) is 12.2 Å². The van der Waals surface area contributed by atoms with Crippen molar-refractivity contribution in [1.29, 1.82) is 0 Å². The minimum absolute atomic E-state index is 0.130. The number of carbonyl (C=O) groups is 3. The van der Waals surface area contributed by atoms with Crippen molar-refractivity contribution in [1.82, 2.24) is 0 Å². The van der Waals surface area contributed by atoms with Gasteiger partial charge in [0.1, 0.15) is 0 Å². The van der Waals surface area contributed by atoms with Crippen LogP contribution in [0.1, 0.15) is 12.8 Å². The second kappa shape index (κ2) is 5.74. The lowest BCUT2D eigenvalue weighted by Crippen LogP contribution is -2.11. The molecule has 0 spiro atoms. The molecule has 0 aromatic rings. The van der Waals surface area contributed by atoms with Crippen molar-refractivity contribution < 1.29 is 24.6 Å². The highest BCUT2D eigenvalue weighted by Crippen LogP contribution is 2.27. The van der Waals surface area contributed by atoms with Gasteiger partial charge in [-0.3, -0.25) is 4.79 Å². The van der Waals surface area contributed by atoms with Crippen molar-refractivity contribution in [2.24, 2.45) is 11.7 Å². The van der Waals surface area contributed by atoms with Crippen LogP contribution >= 0.6 is 0 Å². The zero-order valence-corrected chi connectivity index (χ0v) is 7.34. The summed E-state index contributed by atoms with van der Waals surface area (Å²) in [6.07, 6.45) is 3.16. The molecule has 1 rings (SSSR count). The first-order valence-corrected chi connectivity index (χ1v) is 3.86. The number of rotatable bonds is 3. The molecule has 0 saturated heterocycles. The summed E-state index contributed by atoms with van der Waals surface area (Å²) in [7, 11) is 0. The number of hydrogen-bond acceptors (Lipinski definition) is 3. The van der Waals surface area contributed by atoms with Gasteiger partial charge in [-0.25, -0.2) is 9.59 Å². The van der Waals surface area contributed by atoms with E-state index >= 15 is 0 Å². The fraction of sp³-hybridized carbons (Fsp3) is 0.375. The number of amides is 1. The molecule has 0 aromatic heterocycles. The monoisotopic (exact) mass is 201 g/mol. The van der Waals surface area contributed by atoms with Gasteiger partial charge in [-0.05, 0) is 12.8 Å². The zero-order chi connectivity index (χ0) is 11.1. The zero-order valence-electron chi connectivity index (χ0n) is 7.34. The Hall–Kier alpha value is -1.85. The van der Waals surface area contributed by atoms with E-state index in [1.165, 1.54) is 0 Å². The minimum Gasteiger partial charge on any atom is -0.478 e. The van der Waals surface area contributed by atoms with Crippen LogP contribution in [0.2, 0.25) is 0 Å². The third-order valence-corrected chi connectivity index (χ3v) is 1.35. The van der Waals surface area contributed by atoms with Gasteiger partial charge in [-0.1, -0.05) is 0 Å². The summed E-state index contributed by atoms with van der Waals surface area (Å²) in [6, 6.07) is 0. The lowest BCUT2D eigenvalue weighted by atomic mass is 10.4. The summed E-state index contributed by atoms with van der Waals surface area (Å²) in [5.74, 6) is -2.40. The van der Waals surface area contributed by atoms with Gasteiger partial charge in [-0.15, -0.1) is 0 Å². The normalized spacial score (nSPS) is 14.3. The van der Waals surface area contributed by atoms with Gasteiger partial charge in [0.25, 0.3) is 0 Å². The van der Waals surface area contributed by atoms with Gasteiger partial charge in [0.2, 0.25) is 5.91 Å². The highest BCUT2D eigenvalue weighted by Gasteiger charge is 2.26. The van der Waals surface area contributed by atoms with E-state index in [9.17, 15) is 14.4 Å². The maximum Gasteiger partial charge on any atom is 0.328 e. The lowest BCUT2D eigenvalue weighted by molar-refractivity contribution is -0.134. The van der Waals surface area contributed by atoms with E-state index in [1.807, 2.05) is 0 Å². The van der Waals surface area contributed by atoms with Crippen molar-refractivity contribution in [3.8, 4) is 0 Å². The minimum atomic E-state index is -1.26. The van der Waals surface area contributed by atoms with Crippen LogP contribution in [0.15, 0.2) is 12.2 Å². The van der Waals surface area contributed by atoms with E-state index in [2.05, 4.69) is 0 Å². The van der Waals surface area contributed by atoms with Gasteiger partial charge in [0, 0.05) is 18.1 Å². The van der Waals surface area contributed by atoms with Crippen LogP contribution in [0.5, 0.6) is 0 Å². The molecular weight excluding hydrogens is 190 g/mol. The van der Waals surface area contributed by atoms with Crippen LogP contribution in [-0.4, -0.2) is 28.1 Å². The molecule has 4 N–H and O–H groups in total. The SMILES string of the molecule is NC(=O)C1CC1.O=C(O)/C=C\C(=O)O. The first-order chi connectivity index (χ1) is 6.43. The molecule has 6 heteroatoms. The Balaban J connectivity index is 0.000000249. The fourth-order valence-electron chi connectivity index (χ4n) is 0.510. The molecule has 78 valence electrons. The summed E-state index contributed by atoms with van der Waals surface area (Å²) < 4.78 is 0. The van der Waals surface area contributed by atoms with E-state index in [0.717, 1.165) is 12.8 Å². The molecular formula is C8H11NO5. The summed E-state index contributed by atoms with van der Waals surface area (Å²) in [5, 5.41) is 15.6. The number of aliphatic carboxylic acids is 2. The highest BCUT2D eigenvalue weighted by atomic mass is 16.4. The molecule has 0 atom stereocenters. The average molecular weight is 201 g/mol. The van der Waals surface area contributed by atoms with Crippen molar-refractivity contribution in [2.75, 3.05) is 0 Å². The maximum absolute atomic E-state index is 9.98. The van der Waals surface area contributed by atoms with Crippen LogP contribution in [0.4, 0.5) is 0 Å². The van der Waals surface area contributed by atoms with Gasteiger partial charge < -0.3 is 15.9 Å². The Kier molecular flexibility index (Phi) is 4.98. The highest BCUT2D eigenvalue weighted by molar-refractivity contribution is 5.89. The molecule has 1 aliphatic carbocycles. The van der Waals surface area contributed by atoms with Crippen LogP contribution in [-0.2, 0) is 14.4 Å². The van der Waals surface area contributed by atoms with E-state index in [-0.39, 0.29) is 11.8 Å². The average Bonchev–Trinajstić information content (AvgIpc) is 2.83. The Morgan fingerprint density at radius 2 is 1.43 bits per heavy atom. The molecule has 1 amide bonds. The van der Waals surface area contributed by atoms with Gasteiger partial charge in [0.15, 0.2) is 0 Å². The molecule has 0 aliphatic heterocycles. The number of nitrogens with two attached hydrogens (primary N) is 1. The smallest absolute Gasteiger partial charge is 0.328 e. The van der Waals surface area contributed by atoms with Crippen LogP contribution in [0.3, 0.4) is 0 Å². The van der Waals surface area contributed by atoms with E-state index < -0.39 is 11.9 Å². The Labute approximate surface area is 80.0 Å². The largest absolute Gasteiger partial charge is 0.478 e. The van der Waals surface area contributed by atoms with Gasteiger partial charge in [0.05, 0.1) is 0 Å². The molecule has 0 bridgehead atoms. The summed E-state index contributed by atoms with van der Waals surface area (Å²) in [5.41, 5.74) is 4.86. The number of hydrogen-bond donors (Lipinski definition) is 3. The van der Waals surface area contributed by atoms with E-state index in [1.54, 1.807) is 0 Å². The van der Waals surface area contributed by atoms with Gasteiger partial charge in [-0.2, -0.15) is 0 Å². The summed E-state index contributed by atoms with van der Waals surface area (Å²) in [4.78, 5) is 29.1. The number of primary amides is 1. The van der Waals surface area contributed by atoms with Crippen LogP contribution in [0, 0.1) is 5.92 Å². The summed E-state index contributed by atoms with van der Waals surface area (Å²) in [6.45, 7) is 0. The van der Waals surface area contributed by atoms with E-state index in [4.69, 9.17) is 15.9 Å². The van der Waals surface area contributed by atoms with Gasteiger partial charge >= 0.3 is 11.9 Å². The molecule has 0 aromatic carbocycles.